The van der Waals surface area contributed by atoms with Gasteiger partial charge in [-0.1, -0.05) is 60.3 Å². The molecule has 0 aliphatic rings. The van der Waals surface area contributed by atoms with Crippen LogP contribution in [0.1, 0.15) is 22.4 Å². The summed E-state index contributed by atoms with van der Waals surface area (Å²) in [6.07, 6.45) is 0. The number of hydrogen-bond acceptors (Lipinski definition) is 9. The van der Waals surface area contributed by atoms with Crippen LogP contribution in [0.2, 0.25) is 0 Å². The Morgan fingerprint density at radius 3 is 2.45 bits per heavy atom. The van der Waals surface area contributed by atoms with E-state index in [1.165, 1.54) is 11.8 Å². The highest BCUT2D eigenvalue weighted by molar-refractivity contribution is 7.99. The van der Waals surface area contributed by atoms with E-state index in [-0.39, 0.29) is 24.0 Å². The molecule has 2 heterocycles. The second kappa shape index (κ2) is 10.9. The van der Waals surface area contributed by atoms with Gasteiger partial charge < -0.3 is 9.47 Å². The normalized spacial score (nSPS) is 10.7. The Balaban J connectivity index is 1.43. The van der Waals surface area contributed by atoms with Crippen molar-refractivity contribution in [3.63, 3.8) is 0 Å². The first kappa shape index (κ1) is 22.7. The molecule has 0 saturated carbocycles. The molecule has 0 fully saturated rings. The van der Waals surface area contributed by atoms with Crippen LogP contribution in [0.3, 0.4) is 0 Å². The third-order valence-electron chi connectivity index (χ3n) is 4.38. The summed E-state index contributed by atoms with van der Waals surface area (Å²) in [7, 11) is 0. The Morgan fingerprint density at radius 2 is 1.73 bits per heavy atom. The zero-order valence-corrected chi connectivity index (χ0v) is 19.3. The van der Waals surface area contributed by atoms with Gasteiger partial charge in [0.2, 0.25) is 5.01 Å². The monoisotopic (exact) mass is 480 g/mol. The summed E-state index contributed by atoms with van der Waals surface area (Å²) in [6.45, 7) is 1.99. The number of rotatable bonds is 9. The molecule has 4 aromatic rings. The summed E-state index contributed by atoms with van der Waals surface area (Å²) >= 11 is 2.40. The maximum absolute atomic E-state index is 12.3. The maximum atomic E-state index is 12.3. The largest absolute Gasteiger partial charge is 0.461 e. The van der Waals surface area contributed by atoms with Crippen molar-refractivity contribution in [3.05, 3.63) is 76.7 Å². The molecule has 4 rings (SSSR count). The second-order valence-electron chi connectivity index (χ2n) is 6.66. The molecular weight excluding hydrogens is 460 g/mol. The van der Waals surface area contributed by atoms with Crippen LogP contribution in [0.25, 0.3) is 17.1 Å². The van der Waals surface area contributed by atoms with Gasteiger partial charge in [-0.05, 0) is 19.1 Å². The van der Waals surface area contributed by atoms with Gasteiger partial charge in [0.25, 0.3) is 0 Å². The molecule has 0 atom stereocenters. The van der Waals surface area contributed by atoms with E-state index in [1.54, 1.807) is 12.3 Å². The molecule has 0 N–H and O–H groups in total. The predicted octanol–water partition coefficient (Wildman–Crippen LogP) is 4.40. The lowest BCUT2D eigenvalue weighted by atomic mass is 10.2. The van der Waals surface area contributed by atoms with Crippen molar-refractivity contribution < 1.29 is 19.1 Å². The molecule has 10 heteroatoms. The van der Waals surface area contributed by atoms with E-state index in [1.807, 2.05) is 65.2 Å². The van der Waals surface area contributed by atoms with Gasteiger partial charge in [0, 0.05) is 16.6 Å². The fourth-order valence-corrected chi connectivity index (χ4v) is 4.37. The Kier molecular flexibility index (Phi) is 7.48. The van der Waals surface area contributed by atoms with E-state index in [2.05, 4.69) is 15.2 Å². The summed E-state index contributed by atoms with van der Waals surface area (Å²) in [5.74, 6) is -0.166. The average Bonchev–Trinajstić information content (AvgIpc) is 3.50. The first-order valence-electron chi connectivity index (χ1n) is 10.1. The summed E-state index contributed by atoms with van der Waals surface area (Å²) < 4.78 is 12.1. The van der Waals surface area contributed by atoms with Gasteiger partial charge in [-0.25, -0.2) is 9.78 Å². The molecule has 0 amide bonds. The van der Waals surface area contributed by atoms with Crippen molar-refractivity contribution in [3.8, 4) is 17.1 Å². The van der Waals surface area contributed by atoms with Crippen molar-refractivity contribution in [2.45, 2.75) is 18.7 Å². The van der Waals surface area contributed by atoms with E-state index in [4.69, 9.17) is 9.47 Å². The van der Waals surface area contributed by atoms with Crippen LogP contribution in [0.15, 0.2) is 71.2 Å². The van der Waals surface area contributed by atoms with Gasteiger partial charge in [-0.3, -0.25) is 9.36 Å². The van der Waals surface area contributed by atoms with Gasteiger partial charge in [0.05, 0.1) is 18.1 Å². The van der Waals surface area contributed by atoms with Crippen LogP contribution in [-0.2, 0) is 20.9 Å². The van der Waals surface area contributed by atoms with E-state index in [0.29, 0.717) is 16.7 Å². The molecule has 2 aromatic heterocycles. The Morgan fingerprint density at radius 1 is 1.00 bits per heavy atom. The van der Waals surface area contributed by atoms with Crippen LogP contribution in [0, 0.1) is 0 Å². The minimum atomic E-state index is -0.481. The maximum Gasteiger partial charge on any atom is 0.367 e. The van der Waals surface area contributed by atoms with Crippen molar-refractivity contribution >= 4 is 35.0 Å². The van der Waals surface area contributed by atoms with Crippen LogP contribution in [0.4, 0.5) is 0 Å². The van der Waals surface area contributed by atoms with Crippen molar-refractivity contribution in [2.75, 3.05) is 12.4 Å². The van der Waals surface area contributed by atoms with Crippen LogP contribution in [0.5, 0.6) is 0 Å². The molecule has 0 saturated heterocycles. The molecule has 0 unspecified atom stereocenters. The van der Waals surface area contributed by atoms with Gasteiger partial charge in [0.15, 0.2) is 11.0 Å². The van der Waals surface area contributed by atoms with Crippen molar-refractivity contribution in [1.29, 1.82) is 0 Å². The van der Waals surface area contributed by atoms with E-state index in [9.17, 15) is 9.59 Å². The lowest BCUT2D eigenvalue weighted by molar-refractivity contribution is -0.141. The predicted molar refractivity (Wildman–Crippen MR) is 125 cm³/mol. The minimum absolute atomic E-state index is 0.0179. The zero-order valence-electron chi connectivity index (χ0n) is 17.7. The fraction of sp³-hybridized carbons (Fsp3) is 0.174. The smallest absolute Gasteiger partial charge is 0.367 e. The van der Waals surface area contributed by atoms with E-state index >= 15 is 0 Å². The molecule has 33 heavy (non-hydrogen) atoms. The van der Waals surface area contributed by atoms with Crippen molar-refractivity contribution in [2.24, 2.45) is 0 Å². The number of benzene rings is 2. The Labute approximate surface area is 198 Å². The van der Waals surface area contributed by atoms with Crippen molar-refractivity contribution in [1.82, 2.24) is 19.7 Å². The highest BCUT2D eigenvalue weighted by Crippen LogP contribution is 2.28. The highest BCUT2D eigenvalue weighted by atomic mass is 32.2. The summed E-state index contributed by atoms with van der Waals surface area (Å²) in [6, 6.07) is 19.5. The summed E-state index contributed by atoms with van der Waals surface area (Å²) in [5.41, 5.74) is 2.32. The molecular formula is C23H20N4O4S2. The SMILES string of the molecule is CCOC(=O)c1nc(COC(=O)CSc2nnc(-c3ccccc3)n2-c2ccccc2)cs1. The first-order valence-corrected chi connectivity index (χ1v) is 12.0. The quantitative estimate of drug-likeness (QED) is 0.257. The third-order valence-corrected chi connectivity index (χ3v) is 6.16. The molecule has 0 spiro atoms. The lowest BCUT2D eigenvalue weighted by Crippen LogP contribution is -2.09. The topological polar surface area (TPSA) is 96.2 Å². The molecule has 0 bridgehead atoms. The number of hydrogen-bond donors (Lipinski definition) is 0. The number of thiazole rings is 1. The highest BCUT2D eigenvalue weighted by Gasteiger charge is 2.18. The fourth-order valence-electron chi connectivity index (χ4n) is 2.93. The summed E-state index contributed by atoms with van der Waals surface area (Å²) in [4.78, 5) is 28.2. The number of esters is 2. The Hall–Kier alpha value is -3.50. The number of para-hydroxylation sites is 1. The zero-order chi connectivity index (χ0) is 23.0. The van der Waals surface area contributed by atoms with Crippen LogP contribution in [-0.4, -0.2) is 44.0 Å². The van der Waals surface area contributed by atoms with E-state index in [0.717, 1.165) is 22.6 Å². The average molecular weight is 481 g/mol. The molecule has 8 nitrogen and oxygen atoms in total. The third kappa shape index (κ3) is 5.65. The molecule has 0 aliphatic carbocycles. The lowest BCUT2D eigenvalue weighted by Gasteiger charge is -2.10. The number of thioether (sulfide) groups is 1. The van der Waals surface area contributed by atoms with Gasteiger partial charge in [0.1, 0.15) is 6.61 Å². The standard InChI is InChI=1S/C23H20N4O4S2/c1-2-30-22(29)21-24-17(14-32-21)13-31-19(28)15-33-23-26-25-20(16-9-5-3-6-10-16)27(23)18-11-7-4-8-12-18/h3-12,14H,2,13,15H2,1H3. The van der Waals surface area contributed by atoms with Gasteiger partial charge in [-0.15, -0.1) is 21.5 Å². The van der Waals surface area contributed by atoms with Crippen LogP contribution >= 0.6 is 23.1 Å². The number of aromatic nitrogens is 4. The van der Waals surface area contributed by atoms with Gasteiger partial charge >= 0.3 is 11.9 Å². The van der Waals surface area contributed by atoms with E-state index < -0.39 is 11.9 Å². The molecule has 168 valence electrons. The summed E-state index contributed by atoms with van der Waals surface area (Å²) in [5, 5.41) is 11.1. The van der Waals surface area contributed by atoms with Gasteiger partial charge in [-0.2, -0.15) is 0 Å². The molecule has 0 aliphatic heterocycles. The number of carbonyl (C=O) groups excluding carboxylic acids is 2. The first-order chi connectivity index (χ1) is 16.2. The second-order valence-corrected chi connectivity index (χ2v) is 8.46. The molecule has 2 aromatic carbocycles. The number of nitrogens with zero attached hydrogens (tertiary/aromatic N) is 4. The van der Waals surface area contributed by atoms with Crippen LogP contribution < -0.4 is 0 Å². The minimum Gasteiger partial charge on any atom is -0.461 e. The molecule has 0 radical (unpaired) electrons. The Bertz CT molecular complexity index is 1230. The number of ether oxygens (including phenoxy) is 2. The number of carbonyl (C=O) groups is 2.